The van der Waals surface area contributed by atoms with E-state index in [0.717, 1.165) is 12.8 Å². The molecule has 0 amide bonds. The molecule has 17 heavy (non-hydrogen) atoms. The van der Waals surface area contributed by atoms with E-state index in [1.54, 1.807) is 0 Å². The van der Waals surface area contributed by atoms with Crippen molar-refractivity contribution in [2.45, 2.75) is 32.6 Å². The van der Waals surface area contributed by atoms with Gasteiger partial charge >= 0.3 is 0 Å². The van der Waals surface area contributed by atoms with Crippen LogP contribution >= 0.6 is 0 Å². The first-order valence-electron chi connectivity index (χ1n) is 6.30. The van der Waals surface area contributed by atoms with Crippen LogP contribution in [0.25, 0.3) is 5.69 Å². The van der Waals surface area contributed by atoms with Crippen molar-refractivity contribution in [1.29, 1.82) is 0 Å². The molecular formula is C14H18N3+. The quantitative estimate of drug-likeness (QED) is 0.683. The molecule has 1 heterocycles. The zero-order chi connectivity index (χ0) is 11.8. The van der Waals surface area contributed by atoms with E-state index in [1.807, 2.05) is 4.80 Å². The highest BCUT2D eigenvalue weighted by atomic mass is 15.5. The lowest BCUT2D eigenvalue weighted by atomic mass is 10.0. The summed E-state index contributed by atoms with van der Waals surface area (Å²) in [5, 5.41) is 4.76. The predicted molar refractivity (Wildman–Crippen MR) is 66.1 cm³/mol. The normalized spacial score (nSPS) is 14.7. The number of para-hydroxylation sites is 1. The van der Waals surface area contributed by atoms with Crippen LogP contribution in [0.15, 0.2) is 24.3 Å². The number of rotatable bonds is 1. The summed E-state index contributed by atoms with van der Waals surface area (Å²) in [6.45, 7) is 2.13. The Bertz CT molecular complexity index is 555. The van der Waals surface area contributed by atoms with Gasteiger partial charge in [-0.05, 0) is 36.2 Å². The fourth-order valence-corrected chi connectivity index (χ4v) is 2.63. The van der Waals surface area contributed by atoms with E-state index in [2.05, 4.69) is 42.9 Å². The van der Waals surface area contributed by atoms with Gasteiger partial charge < -0.3 is 0 Å². The Labute approximate surface area is 102 Å². The molecule has 1 aromatic carbocycles. The lowest BCUT2D eigenvalue weighted by Gasteiger charge is -2.05. The molecule has 0 saturated carbocycles. The Hall–Kier alpha value is -1.64. The fourth-order valence-electron chi connectivity index (χ4n) is 2.63. The highest BCUT2D eigenvalue weighted by Gasteiger charge is 2.27. The first-order chi connectivity index (χ1) is 8.27. The van der Waals surface area contributed by atoms with Gasteiger partial charge in [-0.25, -0.2) is 0 Å². The Morgan fingerprint density at radius 1 is 1.18 bits per heavy atom. The molecule has 3 nitrogen and oxygen atoms in total. The van der Waals surface area contributed by atoms with E-state index in [0.29, 0.717) is 0 Å². The molecule has 88 valence electrons. The predicted octanol–water partition coefficient (Wildman–Crippen LogP) is 1.88. The second-order valence-electron chi connectivity index (χ2n) is 4.80. The van der Waals surface area contributed by atoms with Crippen LogP contribution in [-0.2, 0) is 19.9 Å². The van der Waals surface area contributed by atoms with E-state index >= 15 is 0 Å². The summed E-state index contributed by atoms with van der Waals surface area (Å²) in [7, 11) is 2.11. The standard InChI is InChI=1S/C14H18N3/c1-11-7-3-5-9-13(11)17-15-12-8-4-6-10-14(12)16(17)2/h3,5,7,9H,4,6,8,10H2,1-2H3/q+1. The van der Waals surface area contributed by atoms with Crippen molar-refractivity contribution < 1.29 is 4.68 Å². The van der Waals surface area contributed by atoms with Gasteiger partial charge in [-0.15, -0.1) is 0 Å². The molecule has 0 aliphatic heterocycles. The highest BCUT2D eigenvalue weighted by molar-refractivity contribution is 5.37. The molecule has 3 heteroatoms. The summed E-state index contributed by atoms with van der Waals surface area (Å²) in [6, 6.07) is 8.41. The van der Waals surface area contributed by atoms with Crippen LogP contribution in [0.2, 0.25) is 0 Å². The molecule has 0 spiro atoms. The van der Waals surface area contributed by atoms with Crippen molar-refractivity contribution in [1.82, 2.24) is 9.90 Å². The smallest absolute Gasteiger partial charge is 0.155 e. The Morgan fingerprint density at radius 2 is 1.94 bits per heavy atom. The van der Waals surface area contributed by atoms with Crippen molar-refractivity contribution in [3.8, 4) is 5.69 Å². The summed E-state index contributed by atoms with van der Waals surface area (Å²) < 4.78 is 2.21. The number of benzene rings is 1. The molecule has 0 unspecified atom stereocenters. The van der Waals surface area contributed by atoms with Crippen LogP contribution in [-0.4, -0.2) is 9.90 Å². The second-order valence-corrected chi connectivity index (χ2v) is 4.80. The third kappa shape index (κ3) is 1.66. The van der Waals surface area contributed by atoms with Gasteiger partial charge in [0.25, 0.3) is 0 Å². The van der Waals surface area contributed by atoms with E-state index < -0.39 is 0 Å². The first kappa shape index (κ1) is 10.5. The van der Waals surface area contributed by atoms with E-state index in [9.17, 15) is 0 Å². The van der Waals surface area contributed by atoms with E-state index in [-0.39, 0.29) is 0 Å². The van der Waals surface area contributed by atoms with Crippen molar-refractivity contribution in [3.05, 3.63) is 41.2 Å². The van der Waals surface area contributed by atoms with E-state index in [1.165, 1.54) is 35.5 Å². The summed E-state index contributed by atoms with van der Waals surface area (Å²) in [5.74, 6) is 0. The van der Waals surface area contributed by atoms with Crippen LogP contribution in [0.3, 0.4) is 0 Å². The monoisotopic (exact) mass is 228 g/mol. The second kappa shape index (κ2) is 3.99. The van der Waals surface area contributed by atoms with Crippen molar-refractivity contribution in [3.63, 3.8) is 0 Å². The number of aromatic nitrogens is 3. The number of nitrogens with zero attached hydrogens (tertiary/aromatic N) is 3. The van der Waals surface area contributed by atoms with Gasteiger partial charge in [-0.1, -0.05) is 18.2 Å². The Morgan fingerprint density at radius 3 is 2.71 bits per heavy atom. The van der Waals surface area contributed by atoms with Crippen molar-refractivity contribution in [2.24, 2.45) is 7.05 Å². The average molecular weight is 228 g/mol. The maximum absolute atomic E-state index is 4.76. The molecule has 0 fully saturated rings. The van der Waals surface area contributed by atoms with Crippen LogP contribution in [0, 0.1) is 6.92 Å². The minimum Gasteiger partial charge on any atom is -0.155 e. The number of hydrogen-bond acceptors (Lipinski definition) is 1. The van der Waals surface area contributed by atoms with Crippen LogP contribution in [0.4, 0.5) is 0 Å². The molecule has 0 saturated heterocycles. The molecule has 3 rings (SSSR count). The fraction of sp³-hybridized carbons (Fsp3) is 0.429. The first-order valence-corrected chi connectivity index (χ1v) is 6.30. The summed E-state index contributed by atoms with van der Waals surface area (Å²) >= 11 is 0. The molecule has 0 atom stereocenters. The lowest BCUT2D eigenvalue weighted by Crippen LogP contribution is -2.42. The zero-order valence-corrected chi connectivity index (χ0v) is 10.5. The van der Waals surface area contributed by atoms with Gasteiger partial charge in [0.1, 0.15) is 12.7 Å². The maximum Gasteiger partial charge on any atom is 0.222 e. The molecule has 1 aromatic heterocycles. The highest BCUT2D eigenvalue weighted by Crippen LogP contribution is 2.18. The summed E-state index contributed by atoms with van der Waals surface area (Å²) in [4.78, 5) is 2.05. The molecule has 1 aliphatic carbocycles. The Balaban J connectivity index is 2.16. The van der Waals surface area contributed by atoms with Crippen molar-refractivity contribution >= 4 is 0 Å². The number of aryl methyl sites for hydroxylation is 2. The minimum atomic E-state index is 1.13. The SMILES string of the molecule is Cc1ccccc1-n1nc2c([n+]1C)CCCC2. The molecule has 0 bridgehead atoms. The van der Waals surface area contributed by atoms with Gasteiger partial charge in [0.15, 0.2) is 5.69 Å². The third-order valence-electron chi connectivity index (χ3n) is 3.63. The summed E-state index contributed by atoms with van der Waals surface area (Å²) in [5.41, 5.74) is 5.13. The number of hydrogen-bond donors (Lipinski definition) is 0. The van der Waals surface area contributed by atoms with Gasteiger partial charge in [-0.2, -0.15) is 4.68 Å². The zero-order valence-electron chi connectivity index (χ0n) is 10.5. The van der Waals surface area contributed by atoms with E-state index in [4.69, 9.17) is 5.10 Å². The molecular weight excluding hydrogens is 210 g/mol. The third-order valence-corrected chi connectivity index (χ3v) is 3.63. The topological polar surface area (TPSA) is 21.7 Å². The molecule has 1 aliphatic rings. The lowest BCUT2D eigenvalue weighted by molar-refractivity contribution is -0.755. The molecule has 2 aromatic rings. The Kier molecular flexibility index (Phi) is 2.46. The summed E-state index contributed by atoms with van der Waals surface area (Å²) in [6.07, 6.45) is 4.86. The van der Waals surface area contributed by atoms with Gasteiger partial charge in [-0.3, -0.25) is 0 Å². The molecule has 0 radical (unpaired) electrons. The van der Waals surface area contributed by atoms with Gasteiger partial charge in [0.2, 0.25) is 5.69 Å². The molecule has 0 N–H and O–H groups in total. The minimum absolute atomic E-state index is 1.13. The average Bonchev–Trinajstić information content (AvgIpc) is 2.68. The van der Waals surface area contributed by atoms with Gasteiger partial charge in [0.05, 0.1) is 0 Å². The number of fused-ring (bicyclic) bond motifs is 1. The largest absolute Gasteiger partial charge is 0.222 e. The van der Waals surface area contributed by atoms with Gasteiger partial charge in [0, 0.05) is 17.9 Å². The van der Waals surface area contributed by atoms with Crippen LogP contribution < -0.4 is 4.68 Å². The van der Waals surface area contributed by atoms with Crippen molar-refractivity contribution in [2.75, 3.05) is 0 Å². The van der Waals surface area contributed by atoms with Crippen LogP contribution in [0.5, 0.6) is 0 Å². The van der Waals surface area contributed by atoms with Crippen LogP contribution in [0.1, 0.15) is 29.8 Å². The maximum atomic E-state index is 4.76.